The molecular formula is C11H20O3. The van der Waals surface area contributed by atoms with Crippen LogP contribution in [0.2, 0.25) is 0 Å². The number of carbonyl (C=O) groups is 1. The molecule has 82 valence electrons. The summed E-state index contributed by atoms with van der Waals surface area (Å²) in [5.41, 5.74) is -0.205. The molecule has 0 aromatic heterocycles. The topological polar surface area (TPSA) is 35.5 Å². The van der Waals surface area contributed by atoms with E-state index in [-0.39, 0.29) is 5.60 Å². The first-order valence-electron chi connectivity index (χ1n) is 5.49. The fourth-order valence-electron chi connectivity index (χ4n) is 2.14. The molecule has 0 saturated heterocycles. The minimum Gasteiger partial charge on any atom is -0.438 e. The molecule has 14 heavy (non-hydrogen) atoms. The molecule has 0 atom stereocenters. The summed E-state index contributed by atoms with van der Waals surface area (Å²) in [7, 11) is 1.37. The molecule has 0 radical (unpaired) electrons. The molecular weight excluding hydrogens is 180 g/mol. The Kier molecular flexibility index (Phi) is 4.23. The third kappa shape index (κ3) is 2.89. The van der Waals surface area contributed by atoms with Crippen LogP contribution in [0.4, 0.5) is 4.79 Å². The van der Waals surface area contributed by atoms with Gasteiger partial charge in [0.25, 0.3) is 0 Å². The fourth-order valence-corrected chi connectivity index (χ4v) is 2.14. The van der Waals surface area contributed by atoms with Gasteiger partial charge in [-0.25, -0.2) is 4.79 Å². The molecule has 1 fully saturated rings. The molecule has 1 aliphatic rings. The zero-order valence-electron chi connectivity index (χ0n) is 9.17. The summed E-state index contributed by atoms with van der Waals surface area (Å²) in [6.07, 6.45) is 7.07. The van der Waals surface area contributed by atoms with Crippen LogP contribution in [0.3, 0.4) is 0 Å². The van der Waals surface area contributed by atoms with Crippen molar-refractivity contribution in [1.82, 2.24) is 0 Å². The number of unbranched alkanes of at least 4 members (excludes halogenated alkanes) is 1. The number of ether oxygens (including phenoxy) is 2. The second kappa shape index (κ2) is 5.23. The maximum absolute atomic E-state index is 11.1. The highest BCUT2D eigenvalue weighted by Gasteiger charge is 2.37. The summed E-state index contributed by atoms with van der Waals surface area (Å²) in [5, 5.41) is 0. The van der Waals surface area contributed by atoms with Crippen LogP contribution in [0.5, 0.6) is 0 Å². The van der Waals surface area contributed by atoms with Crippen LogP contribution in [0.15, 0.2) is 0 Å². The Hall–Kier alpha value is -0.730. The van der Waals surface area contributed by atoms with Crippen molar-refractivity contribution in [2.45, 2.75) is 57.5 Å². The van der Waals surface area contributed by atoms with Gasteiger partial charge in [-0.05, 0) is 38.5 Å². The number of carbonyl (C=O) groups excluding carboxylic acids is 1. The molecule has 3 heteroatoms. The third-order valence-corrected chi connectivity index (χ3v) is 2.97. The number of methoxy groups -OCH3 is 1. The largest absolute Gasteiger partial charge is 0.508 e. The van der Waals surface area contributed by atoms with Crippen molar-refractivity contribution < 1.29 is 14.3 Å². The molecule has 0 heterocycles. The van der Waals surface area contributed by atoms with E-state index in [1.165, 1.54) is 20.0 Å². The van der Waals surface area contributed by atoms with Gasteiger partial charge in [-0.15, -0.1) is 0 Å². The van der Waals surface area contributed by atoms with Gasteiger partial charge in [-0.3, -0.25) is 0 Å². The smallest absolute Gasteiger partial charge is 0.438 e. The van der Waals surface area contributed by atoms with Crippen molar-refractivity contribution in [2.75, 3.05) is 7.11 Å². The lowest BCUT2D eigenvalue weighted by Gasteiger charge is -2.27. The first-order valence-corrected chi connectivity index (χ1v) is 5.49. The molecule has 3 nitrogen and oxygen atoms in total. The van der Waals surface area contributed by atoms with E-state index in [9.17, 15) is 4.79 Å². The Morgan fingerprint density at radius 1 is 1.36 bits per heavy atom. The van der Waals surface area contributed by atoms with Gasteiger partial charge in [0.15, 0.2) is 0 Å². The van der Waals surface area contributed by atoms with Crippen LogP contribution >= 0.6 is 0 Å². The summed E-state index contributed by atoms with van der Waals surface area (Å²) in [6, 6.07) is 0. The minimum absolute atomic E-state index is 0.205. The summed E-state index contributed by atoms with van der Waals surface area (Å²) in [5.74, 6) is 0. The molecule has 0 amide bonds. The van der Waals surface area contributed by atoms with Crippen molar-refractivity contribution in [1.29, 1.82) is 0 Å². The Morgan fingerprint density at radius 2 is 2.00 bits per heavy atom. The van der Waals surface area contributed by atoms with Crippen molar-refractivity contribution >= 4 is 6.16 Å². The predicted octanol–water partition coefficient (Wildman–Crippen LogP) is 3.27. The van der Waals surface area contributed by atoms with Gasteiger partial charge in [0.1, 0.15) is 5.60 Å². The average Bonchev–Trinajstić information content (AvgIpc) is 2.64. The van der Waals surface area contributed by atoms with Crippen LogP contribution in [-0.4, -0.2) is 18.9 Å². The molecule has 0 aliphatic heterocycles. The van der Waals surface area contributed by atoms with Gasteiger partial charge in [-0.1, -0.05) is 13.3 Å². The molecule has 0 N–H and O–H groups in total. The standard InChI is InChI=1S/C11H20O3/c1-3-4-7-11(8-5-6-9-11)14-10(12)13-2/h3-9H2,1-2H3. The second-order valence-electron chi connectivity index (χ2n) is 4.05. The van der Waals surface area contributed by atoms with Crippen LogP contribution in [0.1, 0.15) is 51.9 Å². The molecule has 0 bridgehead atoms. The fraction of sp³-hybridized carbons (Fsp3) is 0.909. The van der Waals surface area contributed by atoms with Crippen molar-refractivity contribution in [3.8, 4) is 0 Å². The van der Waals surface area contributed by atoms with Crippen LogP contribution < -0.4 is 0 Å². The maximum Gasteiger partial charge on any atom is 0.508 e. The highest BCUT2D eigenvalue weighted by molar-refractivity contribution is 5.60. The molecule has 0 unspecified atom stereocenters. The molecule has 1 aliphatic carbocycles. The van der Waals surface area contributed by atoms with Gasteiger partial charge in [-0.2, -0.15) is 0 Å². The summed E-state index contributed by atoms with van der Waals surface area (Å²) in [4.78, 5) is 11.1. The van der Waals surface area contributed by atoms with E-state index in [0.29, 0.717) is 0 Å². The van der Waals surface area contributed by atoms with E-state index in [0.717, 1.165) is 32.1 Å². The lowest BCUT2D eigenvalue weighted by Crippen LogP contribution is -2.31. The normalized spacial score (nSPS) is 19.3. The molecule has 1 rings (SSSR count). The molecule has 0 spiro atoms. The van der Waals surface area contributed by atoms with Crippen LogP contribution in [0.25, 0.3) is 0 Å². The Bertz CT molecular complexity index is 183. The molecule has 0 aromatic rings. The highest BCUT2D eigenvalue weighted by Crippen LogP contribution is 2.37. The quantitative estimate of drug-likeness (QED) is 0.653. The first kappa shape index (κ1) is 11.3. The highest BCUT2D eigenvalue weighted by atomic mass is 16.7. The van der Waals surface area contributed by atoms with Crippen molar-refractivity contribution in [3.63, 3.8) is 0 Å². The lowest BCUT2D eigenvalue weighted by molar-refractivity contribution is -0.0299. The summed E-state index contributed by atoms with van der Waals surface area (Å²) in [6.45, 7) is 2.15. The van der Waals surface area contributed by atoms with Gasteiger partial charge in [0.05, 0.1) is 7.11 Å². The van der Waals surface area contributed by atoms with Gasteiger partial charge >= 0.3 is 6.16 Å². The SMILES string of the molecule is CCCCC1(OC(=O)OC)CCCC1. The summed E-state index contributed by atoms with van der Waals surface area (Å²) < 4.78 is 9.95. The zero-order chi connectivity index (χ0) is 10.4. The zero-order valence-corrected chi connectivity index (χ0v) is 9.17. The number of hydrogen-bond acceptors (Lipinski definition) is 3. The van der Waals surface area contributed by atoms with E-state index >= 15 is 0 Å². The van der Waals surface area contributed by atoms with E-state index < -0.39 is 6.16 Å². The Labute approximate surface area is 85.8 Å². The second-order valence-corrected chi connectivity index (χ2v) is 4.05. The minimum atomic E-state index is -0.525. The Balaban J connectivity index is 2.48. The Morgan fingerprint density at radius 3 is 2.50 bits per heavy atom. The molecule has 1 saturated carbocycles. The summed E-state index contributed by atoms with van der Waals surface area (Å²) >= 11 is 0. The van der Waals surface area contributed by atoms with E-state index in [1.807, 2.05) is 0 Å². The van der Waals surface area contributed by atoms with Crippen LogP contribution in [-0.2, 0) is 9.47 Å². The predicted molar refractivity (Wildman–Crippen MR) is 54.2 cm³/mol. The van der Waals surface area contributed by atoms with Crippen LogP contribution in [0, 0.1) is 0 Å². The third-order valence-electron chi connectivity index (χ3n) is 2.97. The molecule has 0 aromatic carbocycles. The van der Waals surface area contributed by atoms with E-state index in [2.05, 4.69) is 11.7 Å². The maximum atomic E-state index is 11.1. The lowest BCUT2D eigenvalue weighted by atomic mass is 9.95. The number of rotatable bonds is 4. The van der Waals surface area contributed by atoms with Gasteiger partial charge in [0.2, 0.25) is 0 Å². The van der Waals surface area contributed by atoms with E-state index in [4.69, 9.17) is 4.74 Å². The monoisotopic (exact) mass is 200 g/mol. The van der Waals surface area contributed by atoms with Gasteiger partial charge < -0.3 is 9.47 Å². The first-order chi connectivity index (χ1) is 6.72. The number of hydrogen-bond donors (Lipinski definition) is 0. The van der Waals surface area contributed by atoms with Gasteiger partial charge in [0, 0.05) is 0 Å². The van der Waals surface area contributed by atoms with Crippen molar-refractivity contribution in [3.05, 3.63) is 0 Å². The van der Waals surface area contributed by atoms with E-state index in [1.54, 1.807) is 0 Å². The van der Waals surface area contributed by atoms with Crippen molar-refractivity contribution in [2.24, 2.45) is 0 Å². The average molecular weight is 200 g/mol.